The summed E-state index contributed by atoms with van der Waals surface area (Å²) in [5, 5.41) is 0. The van der Waals surface area contributed by atoms with Crippen LogP contribution in [0.1, 0.15) is 17.0 Å². The van der Waals surface area contributed by atoms with Crippen molar-refractivity contribution in [2.24, 2.45) is 0 Å². The summed E-state index contributed by atoms with van der Waals surface area (Å²) in [6, 6.07) is 17.5. The fourth-order valence-electron chi connectivity index (χ4n) is 2.56. The Morgan fingerprint density at radius 1 is 0.950 bits per heavy atom. The first kappa shape index (κ1) is 13.5. The standard InChI is InChI=1S/C18H19NS/c1-19(2)13-7-10-14-15-8-3-5-11-17(15)20-18-12-6-4-9-16(14)18/h3-12,14H,13H2,1-2H3. The van der Waals surface area contributed by atoms with Gasteiger partial charge in [-0.3, -0.25) is 0 Å². The van der Waals surface area contributed by atoms with Crippen LogP contribution in [0.2, 0.25) is 0 Å². The van der Waals surface area contributed by atoms with E-state index in [-0.39, 0.29) is 0 Å². The first-order valence-corrected chi connectivity index (χ1v) is 7.74. The van der Waals surface area contributed by atoms with Gasteiger partial charge in [0.2, 0.25) is 0 Å². The maximum absolute atomic E-state index is 2.34. The number of hydrogen-bond donors (Lipinski definition) is 0. The molecule has 2 aromatic rings. The number of hydrogen-bond acceptors (Lipinski definition) is 2. The number of nitrogens with zero attached hydrogens (tertiary/aromatic N) is 1. The van der Waals surface area contributed by atoms with Gasteiger partial charge in [-0.05, 0) is 37.4 Å². The lowest BCUT2D eigenvalue weighted by Gasteiger charge is -2.25. The molecule has 0 saturated carbocycles. The molecule has 20 heavy (non-hydrogen) atoms. The molecule has 0 bridgehead atoms. The van der Waals surface area contributed by atoms with Gasteiger partial charge in [-0.25, -0.2) is 0 Å². The minimum absolute atomic E-state index is 0.378. The van der Waals surface area contributed by atoms with Crippen molar-refractivity contribution in [2.45, 2.75) is 15.7 Å². The highest BCUT2D eigenvalue weighted by molar-refractivity contribution is 7.99. The second-order valence-electron chi connectivity index (χ2n) is 5.35. The van der Waals surface area contributed by atoms with Crippen molar-refractivity contribution >= 4 is 11.8 Å². The quantitative estimate of drug-likeness (QED) is 0.767. The Kier molecular flexibility index (Phi) is 3.95. The lowest BCUT2D eigenvalue weighted by atomic mass is 9.90. The fraction of sp³-hybridized carbons (Fsp3) is 0.222. The van der Waals surface area contributed by atoms with E-state index in [4.69, 9.17) is 0 Å². The van der Waals surface area contributed by atoms with Gasteiger partial charge < -0.3 is 4.90 Å². The van der Waals surface area contributed by atoms with E-state index in [1.54, 1.807) is 0 Å². The molecule has 102 valence electrons. The molecule has 2 heteroatoms. The van der Waals surface area contributed by atoms with Crippen LogP contribution in [0.25, 0.3) is 0 Å². The minimum Gasteiger partial charge on any atom is -0.306 e. The SMILES string of the molecule is CN(C)CC=CC1c2ccccc2Sc2ccccc21. The van der Waals surface area contributed by atoms with Gasteiger partial charge in [-0.15, -0.1) is 0 Å². The van der Waals surface area contributed by atoms with Crippen molar-refractivity contribution in [2.75, 3.05) is 20.6 Å². The third kappa shape index (κ3) is 2.67. The topological polar surface area (TPSA) is 3.24 Å². The first-order valence-electron chi connectivity index (χ1n) is 6.93. The lowest BCUT2D eigenvalue weighted by Crippen LogP contribution is -2.11. The Hall–Kier alpha value is -1.51. The molecule has 2 aromatic carbocycles. The van der Waals surface area contributed by atoms with Gasteiger partial charge in [0.05, 0.1) is 0 Å². The second-order valence-corrected chi connectivity index (χ2v) is 6.43. The Balaban J connectivity index is 2.01. The normalized spacial score (nSPS) is 14.6. The van der Waals surface area contributed by atoms with E-state index in [0.29, 0.717) is 5.92 Å². The molecular formula is C18H19NS. The summed E-state index contributed by atoms with van der Waals surface area (Å²) in [7, 11) is 4.20. The number of fused-ring (bicyclic) bond motifs is 2. The van der Waals surface area contributed by atoms with E-state index in [0.717, 1.165) is 6.54 Å². The highest BCUT2D eigenvalue weighted by Gasteiger charge is 2.23. The van der Waals surface area contributed by atoms with Crippen molar-refractivity contribution in [1.29, 1.82) is 0 Å². The van der Waals surface area contributed by atoms with Gasteiger partial charge in [-0.2, -0.15) is 0 Å². The van der Waals surface area contributed by atoms with Crippen LogP contribution in [0.3, 0.4) is 0 Å². The largest absolute Gasteiger partial charge is 0.306 e. The smallest absolute Gasteiger partial charge is 0.0292 e. The van der Waals surface area contributed by atoms with Crippen LogP contribution in [0.15, 0.2) is 70.5 Å². The molecule has 0 atom stereocenters. The molecule has 0 fully saturated rings. The molecule has 0 radical (unpaired) electrons. The first-order chi connectivity index (χ1) is 9.75. The van der Waals surface area contributed by atoms with Gasteiger partial charge in [0, 0.05) is 22.3 Å². The Morgan fingerprint density at radius 2 is 1.50 bits per heavy atom. The maximum atomic E-state index is 2.34. The Morgan fingerprint density at radius 3 is 2.05 bits per heavy atom. The van der Waals surface area contributed by atoms with E-state index in [2.05, 4.69) is 79.7 Å². The molecule has 0 unspecified atom stereocenters. The van der Waals surface area contributed by atoms with Gasteiger partial charge in [0.15, 0.2) is 0 Å². The van der Waals surface area contributed by atoms with E-state index < -0.39 is 0 Å². The zero-order valence-electron chi connectivity index (χ0n) is 11.9. The third-order valence-corrected chi connectivity index (χ3v) is 4.71. The Bertz CT molecular complexity index is 585. The number of benzene rings is 2. The van der Waals surface area contributed by atoms with Crippen LogP contribution in [-0.4, -0.2) is 25.5 Å². The summed E-state index contributed by atoms with van der Waals surface area (Å²) < 4.78 is 0. The molecule has 0 aromatic heterocycles. The third-order valence-electron chi connectivity index (χ3n) is 3.53. The number of likely N-dealkylation sites (N-methyl/N-ethyl adjacent to an activating group) is 1. The number of allylic oxidation sites excluding steroid dienone is 1. The van der Waals surface area contributed by atoms with Crippen LogP contribution < -0.4 is 0 Å². The molecule has 0 aliphatic carbocycles. The van der Waals surface area contributed by atoms with Crippen LogP contribution in [-0.2, 0) is 0 Å². The van der Waals surface area contributed by atoms with Crippen molar-refractivity contribution in [3.05, 3.63) is 71.8 Å². The van der Waals surface area contributed by atoms with Gasteiger partial charge >= 0.3 is 0 Å². The molecular weight excluding hydrogens is 262 g/mol. The average Bonchev–Trinajstić information content (AvgIpc) is 2.46. The van der Waals surface area contributed by atoms with Crippen LogP contribution >= 0.6 is 11.8 Å². The monoisotopic (exact) mass is 281 g/mol. The predicted molar refractivity (Wildman–Crippen MR) is 86.5 cm³/mol. The molecule has 1 heterocycles. The molecule has 1 aliphatic rings. The maximum Gasteiger partial charge on any atom is 0.0292 e. The van der Waals surface area contributed by atoms with Gasteiger partial charge in [-0.1, -0.05) is 60.3 Å². The van der Waals surface area contributed by atoms with Crippen molar-refractivity contribution < 1.29 is 0 Å². The summed E-state index contributed by atoms with van der Waals surface area (Å²) in [6.45, 7) is 0.980. The predicted octanol–water partition coefficient (Wildman–Crippen LogP) is 4.40. The zero-order valence-corrected chi connectivity index (χ0v) is 12.7. The van der Waals surface area contributed by atoms with Crippen molar-refractivity contribution in [3.63, 3.8) is 0 Å². The average molecular weight is 281 g/mol. The lowest BCUT2D eigenvalue weighted by molar-refractivity contribution is 0.456. The summed E-state index contributed by atoms with van der Waals surface area (Å²) >= 11 is 1.88. The molecule has 0 amide bonds. The highest BCUT2D eigenvalue weighted by Crippen LogP contribution is 2.46. The van der Waals surface area contributed by atoms with Crippen LogP contribution in [0.4, 0.5) is 0 Å². The summed E-state index contributed by atoms with van der Waals surface area (Å²) in [5.41, 5.74) is 2.84. The Labute approximate surface area is 125 Å². The molecule has 3 rings (SSSR count). The molecule has 0 spiro atoms. The summed E-state index contributed by atoms with van der Waals surface area (Å²) in [5.74, 6) is 0.378. The number of rotatable bonds is 3. The molecule has 0 N–H and O–H groups in total. The van der Waals surface area contributed by atoms with Crippen LogP contribution in [0, 0.1) is 0 Å². The van der Waals surface area contributed by atoms with E-state index in [9.17, 15) is 0 Å². The van der Waals surface area contributed by atoms with E-state index >= 15 is 0 Å². The van der Waals surface area contributed by atoms with Gasteiger partial charge in [0.25, 0.3) is 0 Å². The molecule has 1 nitrogen and oxygen atoms in total. The second kappa shape index (κ2) is 5.86. The van der Waals surface area contributed by atoms with E-state index in [1.807, 2.05) is 11.8 Å². The zero-order chi connectivity index (χ0) is 13.9. The highest BCUT2D eigenvalue weighted by atomic mass is 32.2. The van der Waals surface area contributed by atoms with E-state index in [1.165, 1.54) is 20.9 Å². The molecule has 1 aliphatic heterocycles. The van der Waals surface area contributed by atoms with Gasteiger partial charge in [0.1, 0.15) is 0 Å². The summed E-state index contributed by atoms with van der Waals surface area (Å²) in [6.07, 6.45) is 4.62. The van der Waals surface area contributed by atoms with Crippen molar-refractivity contribution in [1.82, 2.24) is 4.90 Å². The minimum atomic E-state index is 0.378. The van der Waals surface area contributed by atoms with Crippen molar-refractivity contribution in [3.8, 4) is 0 Å². The van der Waals surface area contributed by atoms with Crippen LogP contribution in [0.5, 0.6) is 0 Å². The molecule has 0 saturated heterocycles. The summed E-state index contributed by atoms with van der Waals surface area (Å²) in [4.78, 5) is 4.95. The fourth-order valence-corrected chi connectivity index (χ4v) is 3.72.